The van der Waals surface area contributed by atoms with Gasteiger partial charge in [-0.15, -0.1) is 11.3 Å². The minimum Gasteiger partial charge on any atom is -0.484 e. The summed E-state index contributed by atoms with van der Waals surface area (Å²) in [6.45, 7) is 9.92. The molecule has 0 saturated carbocycles. The normalized spacial score (nSPS) is 13.8. The van der Waals surface area contributed by atoms with E-state index in [0.717, 1.165) is 35.5 Å². The number of rotatable bonds is 7. The number of nitrogens with one attached hydrogen (secondary N) is 1. The van der Waals surface area contributed by atoms with Crippen LogP contribution in [0.15, 0.2) is 24.3 Å². The second-order valence-corrected chi connectivity index (χ2v) is 8.50. The number of aryl methyl sites for hydroxylation is 1. The number of amides is 1. The molecule has 0 bridgehead atoms. The average Bonchev–Trinajstić information content (AvgIpc) is 3.03. The first-order chi connectivity index (χ1) is 13.9. The lowest BCUT2D eigenvalue weighted by Crippen LogP contribution is -2.35. The summed E-state index contributed by atoms with van der Waals surface area (Å²) in [4.78, 5) is 28.6. The molecule has 3 rings (SSSR count). The summed E-state index contributed by atoms with van der Waals surface area (Å²) in [7, 11) is 0. The lowest BCUT2D eigenvalue weighted by atomic mass is 10.0. The molecule has 2 heterocycles. The Hall–Kier alpha value is -2.38. The summed E-state index contributed by atoms with van der Waals surface area (Å²) in [6, 6.07) is 7.97. The number of fused-ring (bicyclic) bond motifs is 1. The quantitative estimate of drug-likeness (QED) is 0.691. The van der Waals surface area contributed by atoms with Crippen molar-refractivity contribution in [3.8, 4) is 5.75 Å². The van der Waals surface area contributed by atoms with Crippen LogP contribution in [0.2, 0.25) is 0 Å². The maximum absolute atomic E-state index is 12.6. The van der Waals surface area contributed by atoms with Crippen molar-refractivity contribution < 1.29 is 19.1 Å². The first-order valence-corrected chi connectivity index (χ1v) is 10.8. The van der Waals surface area contributed by atoms with Gasteiger partial charge in [-0.1, -0.05) is 12.1 Å². The Morgan fingerprint density at radius 2 is 2.10 bits per heavy atom. The zero-order valence-electron chi connectivity index (χ0n) is 17.4. The van der Waals surface area contributed by atoms with E-state index in [1.165, 1.54) is 11.3 Å². The highest BCUT2D eigenvalue weighted by molar-refractivity contribution is 7.17. The van der Waals surface area contributed by atoms with Crippen LogP contribution in [-0.2, 0) is 22.5 Å². The molecular weight excluding hydrogens is 388 g/mol. The molecular formula is C22H28N2O4S. The first-order valence-electron chi connectivity index (χ1n) is 9.94. The van der Waals surface area contributed by atoms with Crippen molar-refractivity contribution in [2.24, 2.45) is 0 Å². The molecule has 6 nitrogen and oxygen atoms in total. The van der Waals surface area contributed by atoms with Gasteiger partial charge in [0.2, 0.25) is 0 Å². The van der Waals surface area contributed by atoms with Crippen LogP contribution < -0.4 is 10.1 Å². The van der Waals surface area contributed by atoms with Gasteiger partial charge in [0.15, 0.2) is 6.61 Å². The zero-order chi connectivity index (χ0) is 21.0. The van der Waals surface area contributed by atoms with E-state index in [2.05, 4.69) is 24.1 Å². The number of benzene rings is 1. The molecule has 1 aromatic heterocycles. The SMILES string of the molecule is CCOC(=O)c1c(NC(=O)COc2cccc(C)c2)sc2c1CCN(C(C)C)C2. The summed E-state index contributed by atoms with van der Waals surface area (Å²) < 4.78 is 10.9. The van der Waals surface area contributed by atoms with Crippen LogP contribution in [0.25, 0.3) is 0 Å². The van der Waals surface area contributed by atoms with Crippen LogP contribution in [0.3, 0.4) is 0 Å². The van der Waals surface area contributed by atoms with Crippen LogP contribution in [0.4, 0.5) is 5.00 Å². The minimum absolute atomic E-state index is 0.119. The number of anilines is 1. The average molecular weight is 417 g/mol. The van der Waals surface area contributed by atoms with Gasteiger partial charge in [0.05, 0.1) is 12.2 Å². The number of hydrogen-bond donors (Lipinski definition) is 1. The fourth-order valence-corrected chi connectivity index (χ4v) is 4.67. The van der Waals surface area contributed by atoms with Crippen molar-refractivity contribution >= 4 is 28.2 Å². The van der Waals surface area contributed by atoms with E-state index in [1.54, 1.807) is 6.92 Å². The topological polar surface area (TPSA) is 67.9 Å². The van der Waals surface area contributed by atoms with E-state index in [-0.39, 0.29) is 18.5 Å². The third-order valence-corrected chi connectivity index (χ3v) is 6.04. The monoisotopic (exact) mass is 416 g/mol. The van der Waals surface area contributed by atoms with Gasteiger partial charge < -0.3 is 14.8 Å². The predicted molar refractivity (Wildman–Crippen MR) is 115 cm³/mol. The smallest absolute Gasteiger partial charge is 0.341 e. The lowest BCUT2D eigenvalue weighted by molar-refractivity contribution is -0.118. The van der Waals surface area contributed by atoms with Crippen molar-refractivity contribution in [2.45, 2.75) is 46.7 Å². The Morgan fingerprint density at radius 1 is 1.31 bits per heavy atom. The van der Waals surface area contributed by atoms with Gasteiger partial charge in [-0.25, -0.2) is 4.79 Å². The highest BCUT2D eigenvalue weighted by atomic mass is 32.1. The second kappa shape index (κ2) is 9.41. The number of hydrogen-bond acceptors (Lipinski definition) is 6. The molecule has 0 fully saturated rings. The van der Waals surface area contributed by atoms with Crippen molar-refractivity contribution in [3.63, 3.8) is 0 Å². The third-order valence-electron chi connectivity index (χ3n) is 4.91. The summed E-state index contributed by atoms with van der Waals surface area (Å²) in [5.41, 5.74) is 2.56. The number of carbonyl (C=O) groups excluding carboxylic acids is 2. The summed E-state index contributed by atoms with van der Waals surface area (Å²) in [5, 5.41) is 3.42. The number of esters is 1. The van der Waals surface area contributed by atoms with Crippen molar-refractivity contribution in [1.82, 2.24) is 4.90 Å². The molecule has 156 valence electrons. The Morgan fingerprint density at radius 3 is 2.79 bits per heavy atom. The first kappa shape index (κ1) is 21.3. The minimum atomic E-state index is -0.377. The lowest BCUT2D eigenvalue weighted by Gasteiger charge is -2.30. The van der Waals surface area contributed by atoms with Gasteiger partial charge >= 0.3 is 5.97 Å². The number of thiophene rings is 1. The van der Waals surface area contributed by atoms with E-state index in [4.69, 9.17) is 9.47 Å². The molecule has 0 spiro atoms. The summed E-state index contributed by atoms with van der Waals surface area (Å²) >= 11 is 1.46. The standard InChI is InChI=1S/C22H28N2O4S/c1-5-27-22(26)20-17-9-10-24(14(2)3)12-18(17)29-21(20)23-19(25)13-28-16-8-6-7-15(4)11-16/h6-8,11,14H,5,9-10,12-13H2,1-4H3,(H,23,25). The van der Waals surface area contributed by atoms with Gasteiger partial charge in [0, 0.05) is 24.0 Å². The van der Waals surface area contributed by atoms with Crippen LogP contribution in [0.5, 0.6) is 5.75 Å². The highest BCUT2D eigenvalue weighted by Gasteiger charge is 2.30. The fourth-order valence-electron chi connectivity index (χ4n) is 3.39. The van der Waals surface area contributed by atoms with Gasteiger partial charge in [0.25, 0.3) is 5.91 Å². The second-order valence-electron chi connectivity index (χ2n) is 7.40. The van der Waals surface area contributed by atoms with Crippen molar-refractivity contribution in [3.05, 3.63) is 45.8 Å². The summed E-state index contributed by atoms with van der Waals surface area (Å²) in [6.07, 6.45) is 0.772. The van der Waals surface area contributed by atoms with E-state index < -0.39 is 0 Å². The van der Waals surface area contributed by atoms with Crippen LogP contribution >= 0.6 is 11.3 Å². The van der Waals surface area contributed by atoms with E-state index in [9.17, 15) is 9.59 Å². The fraction of sp³-hybridized carbons (Fsp3) is 0.455. The van der Waals surface area contributed by atoms with Gasteiger partial charge in [0.1, 0.15) is 10.8 Å². The van der Waals surface area contributed by atoms with E-state index >= 15 is 0 Å². The van der Waals surface area contributed by atoms with E-state index in [1.807, 2.05) is 31.2 Å². The van der Waals surface area contributed by atoms with Gasteiger partial charge in [-0.3, -0.25) is 9.69 Å². The molecule has 0 unspecified atom stereocenters. The molecule has 1 aliphatic rings. The van der Waals surface area contributed by atoms with Crippen LogP contribution in [0.1, 0.15) is 47.1 Å². The molecule has 1 aromatic carbocycles. The molecule has 0 radical (unpaired) electrons. The van der Waals surface area contributed by atoms with Crippen LogP contribution in [-0.4, -0.2) is 42.6 Å². The molecule has 1 amide bonds. The molecule has 2 aromatic rings. The number of nitrogens with zero attached hydrogens (tertiary/aromatic N) is 1. The predicted octanol–water partition coefficient (Wildman–Crippen LogP) is 4.02. The molecule has 7 heteroatoms. The Labute approximate surface area is 175 Å². The Balaban J connectivity index is 1.76. The van der Waals surface area contributed by atoms with Crippen molar-refractivity contribution in [1.29, 1.82) is 0 Å². The number of ether oxygens (including phenoxy) is 2. The third kappa shape index (κ3) is 5.16. The van der Waals surface area contributed by atoms with E-state index in [0.29, 0.717) is 29.0 Å². The maximum atomic E-state index is 12.6. The van der Waals surface area contributed by atoms with Gasteiger partial charge in [-0.2, -0.15) is 0 Å². The highest BCUT2D eigenvalue weighted by Crippen LogP contribution is 2.38. The molecule has 1 aliphatic heterocycles. The van der Waals surface area contributed by atoms with Gasteiger partial charge in [-0.05, 0) is 57.4 Å². The van der Waals surface area contributed by atoms with Crippen LogP contribution in [0, 0.1) is 6.92 Å². The Bertz CT molecular complexity index is 891. The van der Waals surface area contributed by atoms with Crippen molar-refractivity contribution in [2.75, 3.05) is 25.1 Å². The molecule has 29 heavy (non-hydrogen) atoms. The Kier molecular flexibility index (Phi) is 6.92. The number of carbonyl (C=O) groups is 2. The maximum Gasteiger partial charge on any atom is 0.341 e. The molecule has 0 atom stereocenters. The summed E-state index contributed by atoms with van der Waals surface area (Å²) in [5.74, 6) is -0.0296. The molecule has 1 N–H and O–H groups in total. The molecule has 0 saturated heterocycles. The zero-order valence-corrected chi connectivity index (χ0v) is 18.2. The largest absolute Gasteiger partial charge is 0.484 e. The molecule has 0 aliphatic carbocycles.